The molecule has 9 nitrogen and oxygen atoms in total. The summed E-state index contributed by atoms with van der Waals surface area (Å²) in [4.78, 5) is 2.70. The fourth-order valence-corrected chi connectivity index (χ4v) is 10.8. The van der Waals surface area contributed by atoms with E-state index in [9.17, 15) is 0 Å². The molecule has 0 spiro atoms. The van der Waals surface area contributed by atoms with E-state index in [1.165, 1.54) is 0 Å². The van der Waals surface area contributed by atoms with E-state index in [-0.39, 0.29) is 0 Å². The summed E-state index contributed by atoms with van der Waals surface area (Å²) in [6.45, 7) is 25.2. The number of rotatable bonds is 48. The van der Waals surface area contributed by atoms with Gasteiger partial charge in [-0.3, -0.25) is 0 Å². The van der Waals surface area contributed by atoms with E-state index in [4.69, 9.17) is 42.6 Å². The zero-order chi connectivity index (χ0) is 52.6. The van der Waals surface area contributed by atoms with Crippen molar-refractivity contribution in [2.45, 2.75) is 250 Å². The lowest BCUT2D eigenvalue weighted by Crippen LogP contribution is -2.18. The molecule has 0 amide bonds. The highest BCUT2D eigenvalue weighted by Gasteiger charge is 2.47. The summed E-state index contributed by atoms with van der Waals surface area (Å²) in [5.74, 6) is 6.56. The second kappa shape index (κ2) is 41.5. The second-order valence-electron chi connectivity index (χ2n) is 19.6. The van der Waals surface area contributed by atoms with Gasteiger partial charge in [-0.25, -0.2) is 0 Å². The smallest absolute Gasteiger partial charge is 0.250 e. The topological polar surface area (TPSA) is 83.1 Å². The number of ether oxygens (including phenoxy) is 9. The first kappa shape index (κ1) is 63.5. The maximum absolute atomic E-state index is 7.15. The molecule has 0 saturated heterocycles. The Morgan fingerprint density at radius 2 is 0.370 bits per heavy atom. The average molecular weight is 1040 g/mol. The summed E-state index contributed by atoms with van der Waals surface area (Å²) in [6.07, 6.45) is 27.9. The van der Waals surface area contributed by atoms with Crippen LogP contribution in [0.4, 0.5) is 0 Å². The molecule has 0 aliphatic rings. The van der Waals surface area contributed by atoms with Crippen LogP contribution in [-0.4, -0.2) is 59.5 Å². The molecule has 0 bridgehead atoms. The molecule has 3 aromatic carbocycles. The molecule has 0 aliphatic heterocycles. The fourth-order valence-electron chi connectivity index (χ4n) is 8.29. The van der Waals surface area contributed by atoms with Crippen LogP contribution in [0, 0.1) is 0 Å². The molecule has 0 aliphatic carbocycles. The van der Waals surface area contributed by atoms with Crippen LogP contribution in [0.15, 0.2) is 51.1 Å². The fraction of sp³-hybridized carbons (Fsp3) is 0.714. The van der Waals surface area contributed by atoms with Gasteiger partial charge in [0, 0.05) is 36.4 Å². The van der Waals surface area contributed by atoms with Crippen molar-refractivity contribution in [3.63, 3.8) is 0 Å². The summed E-state index contributed by atoms with van der Waals surface area (Å²) >= 11 is 0. The Morgan fingerprint density at radius 3 is 0.521 bits per heavy atom. The van der Waals surface area contributed by atoms with Crippen molar-refractivity contribution in [2.75, 3.05) is 59.5 Å². The Morgan fingerprint density at radius 1 is 0.219 bits per heavy atom. The molecule has 416 valence electrons. The van der Waals surface area contributed by atoms with Gasteiger partial charge in [-0.15, -0.1) is 0 Å². The predicted molar refractivity (Wildman–Crippen MR) is 307 cm³/mol. The second-order valence-corrected chi connectivity index (χ2v) is 21.4. The summed E-state index contributed by atoms with van der Waals surface area (Å²) < 4.78 is 62.8. The molecule has 3 aromatic rings. The molecule has 0 heterocycles. The van der Waals surface area contributed by atoms with Crippen molar-refractivity contribution < 1.29 is 42.6 Å². The van der Waals surface area contributed by atoms with E-state index < -0.39 is 10.9 Å². The highest BCUT2D eigenvalue weighted by molar-refractivity contribution is 7.97. The highest BCUT2D eigenvalue weighted by Crippen LogP contribution is 2.56. The third-order valence-corrected chi connectivity index (χ3v) is 15.1. The van der Waals surface area contributed by atoms with Crippen molar-refractivity contribution in [3.8, 4) is 51.7 Å². The molecule has 0 atom stereocenters. The lowest BCUT2D eigenvalue weighted by molar-refractivity contribution is 0.262. The molecule has 0 aromatic heterocycles. The Kier molecular flexibility index (Phi) is 36.1. The van der Waals surface area contributed by atoms with E-state index in [0.717, 1.165) is 240 Å². The first-order valence-corrected chi connectivity index (χ1v) is 31.1. The SMILES string of the molecule is CCCCCOc1cc(OCCCCC)c([S+](c2c(OCCCCC)cc(OCCCCC)cc2OCCCCC)c2c(OCCCCC)cc(OCCCCC)cc2OCCCCC)c(OCCCCC)c1. The van der Waals surface area contributed by atoms with Gasteiger partial charge in [-0.2, -0.15) is 0 Å². The van der Waals surface area contributed by atoms with Crippen LogP contribution in [0.1, 0.15) is 236 Å². The lowest BCUT2D eigenvalue weighted by atomic mass is 10.2. The zero-order valence-electron chi connectivity index (χ0n) is 48.0. The Balaban J connectivity index is 2.72. The molecule has 73 heavy (non-hydrogen) atoms. The third-order valence-electron chi connectivity index (χ3n) is 12.7. The van der Waals surface area contributed by atoms with Crippen LogP contribution >= 0.6 is 0 Å². The van der Waals surface area contributed by atoms with Gasteiger partial charge in [0.15, 0.2) is 34.5 Å². The summed E-state index contributed by atoms with van der Waals surface area (Å²) in [7, 11) is -1.09. The first-order valence-electron chi connectivity index (χ1n) is 29.9. The molecule has 10 heteroatoms. The highest BCUT2D eigenvalue weighted by atomic mass is 32.2. The van der Waals surface area contributed by atoms with Crippen LogP contribution in [0.2, 0.25) is 0 Å². The van der Waals surface area contributed by atoms with Gasteiger partial charge in [0.1, 0.15) is 28.1 Å². The van der Waals surface area contributed by atoms with Crippen molar-refractivity contribution >= 4 is 10.9 Å². The number of hydrogen-bond donors (Lipinski definition) is 0. The minimum absolute atomic E-state index is 0.545. The summed E-state index contributed by atoms with van der Waals surface area (Å²) in [5.41, 5.74) is 0. The van der Waals surface area contributed by atoms with E-state index in [1.54, 1.807) is 0 Å². The van der Waals surface area contributed by atoms with Gasteiger partial charge in [0.25, 0.3) is 14.7 Å². The quantitative estimate of drug-likeness (QED) is 0.0406. The normalized spacial score (nSPS) is 11.3. The van der Waals surface area contributed by atoms with E-state index in [2.05, 4.69) is 98.7 Å². The van der Waals surface area contributed by atoms with Gasteiger partial charge < -0.3 is 42.6 Å². The Bertz CT molecular complexity index is 1530. The number of unbranched alkanes of at least 4 members (excludes halogenated alkanes) is 18. The molecular weight excluding hydrogens is 933 g/mol. The molecule has 0 saturated carbocycles. The standard InChI is InChI=1S/C63H105O9S/c1-10-19-28-37-64-52-46-55(67-40-31-22-13-4)61(56(47-52)68-41-32-23-14-5)73(62-57(69-42-33-24-15-6)48-53(65-38-29-20-11-2)49-58(62)70-43-34-25-16-7)63-59(71-44-35-26-17-8)50-54(66-39-30-21-12-3)51-60(63)72-45-36-27-18-9/h46-51H,10-45H2,1-9H3/q+1. The minimum atomic E-state index is -1.09. The van der Waals surface area contributed by atoms with Crippen molar-refractivity contribution in [3.05, 3.63) is 36.4 Å². The van der Waals surface area contributed by atoms with Crippen LogP contribution in [-0.2, 0) is 10.9 Å². The van der Waals surface area contributed by atoms with E-state index in [0.29, 0.717) is 59.5 Å². The van der Waals surface area contributed by atoms with Crippen LogP contribution in [0.5, 0.6) is 51.7 Å². The van der Waals surface area contributed by atoms with Gasteiger partial charge in [-0.05, 0) is 57.8 Å². The zero-order valence-corrected chi connectivity index (χ0v) is 48.8. The van der Waals surface area contributed by atoms with Crippen LogP contribution < -0.4 is 42.6 Å². The molecule has 3 rings (SSSR count). The van der Waals surface area contributed by atoms with Crippen molar-refractivity contribution in [1.29, 1.82) is 0 Å². The molecular formula is C63H105O9S+. The third kappa shape index (κ3) is 24.6. The maximum atomic E-state index is 7.15. The molecule has 0 fully saturated rings. The van der Waals surface area contributed by atoms with E-state index in [1.807, 2.05) is 0 Å². The Labute approximate surface area is 449 Å². The van der Waals surface area contributed by atoms with Crippen molar-refractivity contribution in [2.24, 2.45) is 0 Å². The van der Waals surface area contributed by atoms with Crippen LogP contribution in [0.25, 0.3) is 0 Å². The predicted octanol–water partition coefficient (Wildman–Crippen LogP) is 18.9. The summed E-state index contributed by atoms with van der Waals surface area (Å²) in [6, 6.07) is 12.6. The van der Waals surface area contributed by atoms with Gasteiger partial charge >= 0.3 is 0 Å². The lowest BCUT2D eigenvalue weighted by Gasteiger charge is -2.24. The van der Waals surface area contributed by atoms with Crippen molar-refractivity contribution in [1.82, 2.24) is 0 Å². The maximum Gasteiger partial charge on any atom is 0.250 e. The van der Waals surface area contributed by atoms with Crippen LogP contribution in [0.3, 0.4) is 0 Å². The molecule has 0 unspecified atom stereocenters. The van der Waals surface area contributed by atoms with E-state index >= 15 is 0 Å². The largest absolute Gasteiger partial charge is 0.493 e. The molecule has 0 N–H and O–H groups in total. The van der Waals surface area contributed by atoms with Gasteiger partial charge in [0.05, 0.1) is 59.5 Å². The van der Waals surface area contributed by atoms with Gasteiger partial charge in [0.2, 0.25) is 0 Å². The minimum Gasteiger partial charge on any atom is -0.493 e. The number of benzene rings is 3. The first-order chi connectivity index (χ1) is 35.9. The number of hydrogen-bond acceptors (Lipinski definition) is 9. The monoisotopic (exact) mass is 1040 g/mol. The van der Waals surface area contributed by atoms with Gasteiger partial charge in [-0.1, -0.05) is 178 Å². The molecule has 0 radical (unpaired) electrons. The average Bonchev–Trinajstić information content (AvgIpc) is 3.40. The Hall–Kier alpha value is -3.79. The summed E-state index contributed by atoms with van der Waals surface area (Å²) in [5, 5.41) is 0.